The van der Waals surface area contributed by atoms with Crippen LogP contribution < -0.4 is 4.87 Å². The van der Waals surface area contributed by atoms with Gasteiger partial charge in [-0.25, -0.2) is 8.42 Å². The van der Waals surface area contributed by atoms with Gasteiger partial charge in [0.15, 0.2) is 4.21 Å². The van der Waals surface area contributed by atoms with Gasteiger partial charge < -0.3 is 10.1 Å². The number of rotatable bonds is 5. The molecule has 0 saturated heterocycles. The molecule has 7 nitrogen and oxygen atoms in total. The molecule has 0 aliphatic heterocycles. The van der Waals surface area contributed by atoms with E-state index in [0.717, 1.165) is 4.31 Å². The summed E-state index contributed by atoms with van der Waals surface area (Å²) in [5, 5.41) is 8.96. The lowest BCUT2D eigenvalue weighted by Crippen LogP contribution is -2.41. The second-order valence-electron chi connectivity index (χ2n) is 3.71. The number of hydrogen-bond acceptors (Lipinski definition) is 5. The van der Waals surface area contributed by atoms with Gasteiger partial charge in [0.1, 0.15) is 6.04 Å². The molecule has 0 fully saturated rings. The van der Waals surface area contributed by atoms with Crippen LogP contribution in [0.4, 0.5) is 0 Å². The Labute approximate surface area is 108 Å². The SMILES string of the molecule is CCC(C(=O)O)N(C)S(=O)(=O)c1sc(=O)[nH]c1C. The maximum Gasteiger partial charge on any atom is 0.321 e. The lowest BCUT2D eigenvalue weighted by atomic mass is 10.2. The van der Waals surface area contributed by atoms with Gasteiger partial charge in [-0.2, -0.15) is 4.31 Å². The molecule has 1 heterocycles. The van der Waals surface area contributed by atoms with E-state index in [2.05, 4.69) is 4.98 Å². The number of carboxylic acid groups (broad SMARTS) is 1. The molecular weight excluding hydrogens is 280 g/mol. The summed E-state index contributed by atoms with van der Waals surface area (Å²) in [4.78, 5) is 24.0. The standard InChI is InChI=1S/C9H14N2O5S2/c1-4-6(7(12)13)11(3)18(15,16)8-5(2)10-9(14)17-8/h6H,4H2,1-3H3,(H,10,14)(H,12,13). The fourth-order valence-electron chi connectivity index (χ4n) is 1.52. The quantitative estimate of drug-likeness (QED) is 0.808. The Morgan fingerprint density at radius 2 is 2.11 bits per heavy atom. The second-order valence-corrected chi connectivity index (χ2v) is 6.89. The predicted molar refractivity (Wildman–Crippen MR) is 66.3 cm³/mol. The number of likely N-dealkylation sites (N-methyl/N-ethyl adjacent to an activating group) is 1. The average Bonchev–Trinajstić information content (AvgIpc) is 2.58. The van der Waals surface area contributed by atoms with E-state index in [-0.39, 0.29) is 16.3 Å². The van der Waals surface area contributed by atoms with E-state index in [9.17, 15) is 18.0 Å². The molecule has 18 heavy (non-hydrogen) atoms. The number of thiazole rings is 1. The van der Waals surface area contributed by atoms with Gasteiger partial charge in [0.05, 0.1) is 0 Å². The third kappa shape index (κ3) is 2.62. The number of H-pyrrole nitrogens is 1. The minimum Gasteiger partial charge on any atom is -0.480 e. The minimum atomic E-state index is -3.97. The van der Waals surface area contributed by atoms with Gasteiger partial charge in [-0.05, 0) is 13.3 Å². The molecule has 0 aliphatic carbocycles. The Morgan fingerprint density at radius 1 is 1.56 bits per heavy atom. The Kier molecular flexibility index (Phi) is 4.30. The van der Waals surface area contributed by atoms with Crippen molar-refractivity contribution < 1.29 is 18.3 Å². The van der Waals surface area contributed by atoms with Crippen molar-refractivity contribution >= 4 is 27.3 Å². The van der Waals surface area contributed by atoms with E-state index in [0.29, 0.717) is 11.3 Å². The van der Waals surface area contributed by atoms with E-state index in [4.69, 9.17) is 5.11 Å². The van der Waals surface area contributed by atoms with Crippen molar-refractivity contribution in [3.8, 4) is 0 Å². The number of nitrogens with zero attached hydrogens (tertiary/aromatic N) is 1. The fourth-order valence-corrected chi connectivity index (χ4v) is 4.37. The second kappa shape index (κ2) is 5.21. The first-order chi connectivity index (χ1) is 8.21. The first-order valence-electron chi connectivity index (χ1n) is 5.12. The van der Waals surface area contributed by atoms with Gasteiger partial charge in [0.25, 0.3) is 10.0 Å². The molecule has 0 aromatic carbocycles. The van der Waals surface area contributed by atoms with Gasteiger partial charge in [-0.3, -0.25) is 9.59 Å². The molecule has 0 bridgehead atoms. The van der Waals surface area contributed by atoms with Crippen LogP contribution in [0.2, 0.25) is 0 Å². The number of aromatic amines is 1. The molecule has 1 rings (SSSR count). The first-order valence-corrected chi connectivity index (χ1v) is 7.38. The summed E-state index contributed by atoms with van der Waals surface area (Å²) < 4.78 is 25.0. The molecule has 1 atom stereocenters. The van der Waals surface area contributed by atoms with E-state index in [1.807, 2.05) is 0 Å². The highest BCUT2D eigenvalue weighted by Gasteiger charge is 2.33. The molecule has 0 spiro atoms. The van der Waals surface area contributed by atoms with Crippen LogP contribution in [0, 0.1) is 6.92 Å². The Hall–Kier alpha value is -1.19. The lowest BCUT2D eigenvalue weighted by molar-refractivity contribution is -0.141. The minimum absolute atomic E-state index is 0.142. The van der Waals surface area contributed by atoms with Crippen molar-refractivity contribution in [1.82, 2.24) is 9.29 Å². The van der Waals surface area contributed by atoms with Gasteiger partial charge in [0, 0.05) is 12.7 Å². The highest BCUT2D eigenvalue weighted by atomic mass is 32.2. The summed E-state index contributed by atoms with van der Waals surface area (Å²) in [7, 11) is -2.77. The summed E-state index contributed by atoms with van der Waals surface area (Å²) in [6.07, 6.45) is 0.142. The van der Waals surface area contributed by atoms with Gasteiger partial charge in [-0.1, -0.05) is 18.3 Å². The first kappa shape index (κ1) is 14.9. The Balaban J connectivity index is 3.26. The summed E-state index contributed by atoms with van der Waals surface area (Å²) in [6.45, 7) is 3.04. The largest absolute Gasteiger partial charge is 0.480 e. The summed E-state index contributed by atoms with van der Waals surface area (Å²) in [5.74, 6) is -1.22. The monoisotopic (exact) mass is 294 g/mol. The van der Waals surface area contributed by atoms with Gasteiger partial charge in [-0.15, -0.1) is 0 Å². The van der Waals surface area contributed by atoms with Crippen molar-refractivity contribution in [3.63, 3.8) is 0 Å². The van der Waals surface area contributed by atoms with E-state index < -0.39 is 26.9 Å². The molecule has 0 aliphatic rings. The number of aryl methyl sites for hydroxylation is 1. The van der Waals surface area contributed by atoms with Crippen LogP contribution in [-0.4, -0.2) is 41.9 Å². The smallest absolute Gasteiger partial charge is 0.321 e. The maximum atomic E-state index is 12.2. The number of aliphatic carboxylic acids is 1. The van der Waals surface area contributed by atoms with E-state index in [1.54, 1.807) is 6.92 Å². The van der Waals surface area contributed by atoms with Crippen molar-refractivity contribution in [1.29, 1.82) is 0 Å². The predicted octanol–water partition coefficient (Wildman–Crippen LogP) is 0.229. The van der Waals surface area contributed by atoms with Crippen LogP contribution in [0.15, 0.2) is 9.00 Å². The van der Waals surface area contributed by atoms with Crippen LogP contribution in [0.25, 0.3) is 0 Å². The van der Waals surface area contributed by atoms with Gasteiger partial charge >= 0.3 is 10.8 Å². The summed E-state index contributed by atoms with van der Waals surface area (Å²) >= 11 is 0.556. The third-order valence-electron chi connectivity index (χ3n) is 2.51. The van der Waals surface area contributed by atoms with Crippen LogP contribution in [0.3, 0.4) is 0 Å². The highest BCUT2D eigenvalue weighted by molar-refractivity contribution is 7.91. The average molecular weight is 294 g/mol. The van der Waals surface area contributed by atoms with Crippen molar-refractivity contribution in [2.24, 2.45) is 0 Å². The molecule has 2 N–H and O–H groups in total. The van der Waals surface area contributed by atoms with Crippen molar-refractivity contribution in [2.45, 2.75) is 30.5 Å². The fraction of sp³-hybridized carbons (Fsp3) is 0.556. The molecule has 1 aromatic heterocycles. The van der Waals surface area contributed by atoms with Crippen molar-refractivity contribution in [2.75, 3.05) is 7.05 Å². The van der Waals surface area contributed by atoms with E-state index >= 15 is 0 Å². The zero-order valence-corrected chi connectivity index (χ0v) is 11.8. The molecule has 102 valence electrons. The molecule has 1 unspecified atom stereocenters. The number of aromatic nitrogens is 1. The summed E-state index contributed by atoms with van der Waals surface area (Å²) in [6, 6.07) is -1.15. The Morgan fingerprint density at radius 3 is 2.44 bits per heavy atom. The Bertz CT molecular complexity index is 601. The van der Waals surface area contributed by atoms with Crippen LogP contribution >= 0.6 is 11.3 Å². The van der Waals surface area contributed by atoms with Crippen LogP contribution in [-0.2, 0) is 14.8 Å². The number of nitrogens with one attached hydrogen (secondary N) is 1. The molecule has 9 heteroatoms. The topological polar surface area (TPSA) is 108 Å². The van der Waals surface area contributed by atoms with Crippen LogP contribution in [0.5, 0.6) is 0 Å². The number of carbonyl (C=O) groups is 1. The number of sulfonamides is 1. The summed E-state index contributed by atoms with van der Waals surface area (Å²) in [5.41, 5.74) is 0.220. The van der Waals surface area contributed by atoms with E-state index in [1.165, 1.54) is 14.0 Å². The maximum absolute atomic E-state index is 12.2. The zero-order chi connectivity index (χ0) is 14.1. The lowest BCUT2D eigenvalue weighted by Gasteiger charge is -2.22. The highest BCUT2D eigenvalue weighted by Crippen LogP contribution is 2.22. The van der Waals surface area contributed by atoms with Crippen molar-refractivity contribution in [3.05, 3.63) is 15.4 Å². The molecular formula is C9H14N2O5S2. The zero-order valence-electron chi connectivity index (χ0n) is 10.1. The van der Waals surface area contributed by atoms with Crippen LogP contribution in [0.1, 0.15) is 19.0 Å². The number of hydrogen-bond donors (Lipinski definition) is 2. The normalized spacial score (nSPS) is 13.8. The van der Waals surface area contributed by atoms with Gasteiger partial charge in [0.2, 0.25) is 0 Å². The third-order valence-corrected chi connectivity index (χ3v) is 5.95. The number of carboxylic acids is 1. The molecule has 1 aromatic rings. The molecule has 0 amide bonds. The molecule has 0 saturated carbocycles. The molecule has 0 radical (unpaired) electrons.